The zero-order chi connectivity index (χ0) is 16.8. The standard InChI is InChI=1S/C16H15FN4O2/c1-11-12(6-14(8-18)21(11)2)9-19-20-16(22)10-23-15-5-3-4-13(17)7-15/h3-7,9H,10H2,1-2H3,(H,20,22)/b19-9-. The van der Waals surface area contributed by atoms with Gasteiger partial charge in [-0.15, -0.1) is 0 Å². The second-order valence-electron chi connectivity index (χ2n) is 4.78. The van der Waals surface area contributed by atoms with Crippen LogP contribution in [0.5, 0.6) is 5.75 Å². The molecular formula is C16H15FN4O2. The van der Waals surface area contributed by atoms with Crippen LogP contribution in [0.25, 0.3) is 0 Å². The fraction of sp³-hybridized carbons (Fsp3) is 0.188. The molecule has 0 aliphatic rings. The first kappa shape index (κ1) is 16.2. The van der Waals surface area contributed by atoms with Crippen molar-refractivity contribution in [2.75, 3.05) is 6.61 Å². The van der Waals surface area contributed by atoms with E-state index in [-0.39, 0.29) is 12.4 Å². The molecule has 7 heteroatoms. The van der Waals surface area contributed by atoms with Crippen LogP contribution in [0.1, 0.15) is 17.0 Å². The third-order valence-electron chi connectivity index (χ3n) is 3.25. The molecule has 118 valence electrons. The SMILES string of the molecule is Cc1c(/C=N\NC(=O)COc2cccc(F)c2)cc(C#N)n1C. The van der Waals surface area contributed by atoms with Gasteiger partial charge in [0.2, 0.25) is 0 Å². The van der Waals surface area contributed by atoms with Crippen molar-refractivity contribution in [1.82, 2.24) is 9.99 Å². The van der Waals surface area contributed by atoms with Crippen molar-refractivity contribution in [3.05, 3.63) is 53.1 Å². The van der Waals surface area contributed by atoms with Crippen LogP contribution in [0, 0.1) is 24.1 Å². The lowest BCUT2D eigenvalue weighted by atomic mass is 10.3. The molecule has 1 aromatic heterocycles. The number of aromatic nitrogens is 1. The minimum absolute atomic E-state index is 0.265. The number of carbonyl (C=O) groups excluding carboxylic acids is 1. The van der Waals surface area contributed by atoms with Crippen molar-refractivity contribution >= 4 is 12.1 Å². The summed E-state index contributed by atoms with van der Waals surface area (Å²) in [5.41, 5.74) is 4.40. The number of ether oxygens (including phenoxy) is 1. The molecule has 1 amide bonds. The van der Waals surface area contributed by atoms with E-state index in [4.69, 9.17) is 10.00 Å². The number of halogens is 1. The first-order chi connectivity index (χ1) is 11.0. The first-order valence-corrected chi connectivity index (χ1v) is 6.78. The topological polar surface area (TPSA) is 79.4 Å². The van der Waals surface area contributed by atoms with Crippen LogP contribution in [0.3, 0.4) is 0 Å². The maximum absolute atomic E-state index is 13.0. The minimum atomic E-state index is -0.473. The van der Waals surface area contributed by atoms with Crippen LogP contribution >= 0.6 is 0 Å². The Kier molecular flexibility index (Phi) is 5.10. The Hall–Kier alpha value is -3.14. The van der Waals surface area contributed by atoms with Gasteiger partial charge in [-0.1, -0.05) is 6.07 Å². The Labute approximate surface area is 132 Å². The highest BCUT2D eigenvalue weighted by Gasteiger charge is 2.07. The van der Waals surface area contributed by atoms with Gasteiger partial charge in [0.25, 0.3) is 5.91 Å². The normalized spacial score (nSPS) is 10.5. The molecule has 0 unspecified atom stereocenters. The summed E-state index contributed by atoms with van der Waals surface area (Å²) >= 11 is 0. The molecule has 0 aliphatic carbocycles. The van der Waals surface area contributed by atoms with Gasteiger partial charge in [0.15, 0.2) is 6.61 Å². The predicted molar refractivity (Wildman–Crippen MR) is 82.5 cm³/mol. The van der Waals surface area contributed by atoms with Crippen LogP contribution in [0.15, 0.2) is 35.4 Å². The number of rotatable bonds is 5. The molecule has 2 rings (SSSR count). The van der Waals surface area contributed by atoms with Crippen molar-refractivity contribution in [2.24, 2.45) is 12.1 Å². The van der Waals surface area contributed by atoms with Crippen molar-refractivity contribution in [3.8, 4) is 11.8 Å². The molecule has 1 N–H and O–H groups in total. The Morgan fingerprint density at radius 2 is 2.30 bits per heavy atom. The van der Waals surface area contributed by atoms with Gasteiger partial charge >= 0.3 is 0 Å². The number of benzene rings is 1. The number of nitrogens with one attached hydrogen (secondary N) is 1. The van der Waals surface area contributed by atoms with Gasteiger partial charge in [-0.3, -0.25) is 4.79 Å². The second-order valence-corrected chi connectivity index (χ2v) is 4.78. The van der Waals surface area contributed by atoms with E-state index < -0.39 is 11.7 Å². The third kappa shape index (κ3) is 4.17. The highest BCUT2D eigenvalue weighted by atomic mass is 19.1. The smallest absolute Gasteiger partial charge is 0.277 e. The number of nitrogens with zero attached hydrogens (tertiary/aromatic N) is 3. The molecule has 2 aromatic rings. The first-order valence-electron chi connectivity index (χ1n) is 6.78. The van der Waals surface area contributed by atoms with Gasteiger partial charge in [0.05, 0.1) is 6.21 Å². The Morgan fingerprint density at radius 3 is 2.96 bits per heavy atom. The molecule has 0 fully saturated rings. The van der Waals surface area contributed by atoms with Crippen LogP contribution in [0.2, 0.25) is 0 Å². The molecular weight excluding hydrogens is 299 g/mol. The molecule has 1 heterocycles. The molecule has 0 spiro atoms. The predicted octanol–water partition coefficient (Wildman–Crippen LogP) is 1.87. The molecule has 0 saturated carbocycles. The molecule has 0 radical (unpaired) electrons. The number of amides is 1. The maximum Gasteiger partial charge on any atom is 0.277 e. The number of carbonyl (C=O) groups is 1. The summed E-state index contributed by atoms with van der Waals surface area (Å²) in [6, 6.07) is 9.25. The van der Waals surface area contributed by atoms with E-state index in [0.717, 1.165) is 11.3 Å². The molecule has 1 aromatic carbocycles. The Morgan fingerprint density at radius 1 is 1.52 bits per heavy atom. The molecule has 23 heavy (non-hydrogen) atoms. The van der Waals surface area contributed by atoms with E-state index in [1.54, 1.807) is 23.7 Å². The van der Waals surface area contributed by atoms with E-state index in [9.17, 15) is 9.18 Å². The summed E-state index contributed by atoms with van der Waals surface area (Å²) in [5.74, 6) is -0.643. The van der Waals surface area contributed by atoms with E-state index in [1.165, 1.54) is 24.4 Å². The Bertz CT molecular complexity index is 790. The van der Waals surface area contributed by atoms with Crippen LogP contribution < -0.4 is 10.2 Å². The van der Waals surface area contributed by atoms with Crippen molar-refractivity contribution in [3.63, 3.8) is 0 Å². The second kappa shape index (κ2) is 7.22. The van der Waals surface area contributed by atoms with Crippen LogP contribution in [-0.2, 0) is 11.8 Å². The zero-order valence-electron chi connectivity index (χ0n) is 12.7. The third-order valence-corrected chi connectivity index (χ3v) is 3.25. The van der Waals surface area contributed by atoms with E-state index in [2.05, 4.69) is 16.6 Å². The molecule has 0 atom stereocenters. The molecule has 0 saturated heterocycles. The van der Waals surface area contributed by atoms with Gasteiger partial charge in [-0.05, 0) is 25.1 Å². The monoisotopic (exact) mass is 314 g/mol. The highest BCUT2D eigenvalue weighted by Crippen LogP contribution is 2.12. The van der Waals surface area contributed by atoms with Crippen LogP contribution in [-0.4, -0.2) is 23.3 Å². The average Bonchev–Trinajstić information content (AvgIpc) is 2.81. The summed E-state index contributed by atoms with van der Waals surface area (Å²) in [6.07, 6.45) is 1.45. The number of hydrogen-bond acceptors (Lipinski definition) is 4. The van der Waals surface area contributed by atoms with Crippen molar-refractivity contribution in [2.45, 2.75) is 6.92 Å². The number of hydrogen-bond donors (Lipinski definition) is 1. The highest BCUT2D eigenvalue weighted by molar-refractivity contribution is 5.84. The average molecular weight is 314 g/mol. The van der Waals surface area contributed by atoms with Crippen molar-refractivity contribution in [1.29, 1.82) is 5.26 Å². The van der Waals surface area contributed by atoms with Crippen LogP contribution in [0.4, 0.5) is 4.39 Å². The maximum atomic E-state index is 13.0. The fourth-order valence-electron chi connectivity index (χ4n) is 1.87. The largest absolute Gasteiger partial charge is 0.484 e. The lowest BCUT2D eigenvalue weighted by molar-refractivity contribution is -0.123. The summed E-state index contributed by atoms with van der Waals surface area (Å²) in [7, 11) is 1.77. The fourth-order valence-corrected chi connectivity index (χ4v) is 1.87. The van der Waals surface area contributed by atoms with E-state index >= 15 is 0 Å². The van der Waals surface area contributed by atoms with Crippen molar-refractivity contribution < 1.29 is 13.9 Å². The van der Waals surface area contributed by atoms with Gasteiger partial charge in [-0.25, -0.2) is 9.82 Å². The lowest BCUT2D eigenvalue weighted by Crippen LogP contribution is -2.24. The number of hydrazone groups is 1. The summed E-state index contributed by atoms with van der Waals surface area (Å²) in [5, 5.41) is 12.8. The van der Waals surface area contributed by atoms with Gasteiger partial charge in [-0.2, -0.15) is 10.4 Å². The van der Waals surface area contributed by atoms with E-state index in [1.807, 2.05) is 6.92 Å². The van der Waals surface area contributed by atoms with Gasteiger partial charge < -0.3 is 9.30 Å². The summed E-state index contributed by atoms with van der Waals surface area (Å²) in [4.78, 5) is 11.6. The van der Waals surface area contributed by atoms with Gasteiger partial charge in [0.1, 0.15) is 23.3 Å². The molecule has 6 nitrogen and oxygen atoms in total. The molecule has 0 aliphatic heterocycles. The summed E-state index contributed by atoms with van der Waals surface area (Å²) < 4.78 is 19.8. The minimum Gasteiger partial charge on any atom is -0.484 e. The quantitative estimate of drug-likeness (QED) is 0.676. The lowest BCUT2D eigenvalue weighted by Gasteiger charge is -2.04. The number of nitriles is 1. The van der Waals surface area contributed by atoms with E-state index in [0.29, 0.717) is 5.69 Å². The Balaban J connectivity index is 1.88. The molecule has 0 bridgehead atoms. The zero-order valence-corrected chi connectivity index (χ0v) is 12.7. The van der Waals surface area contributed by atoms with Gasteiger partial charge in [0, 0.05) is 24.4 Å². The summed E-state index contributed by atoms with van der Waals surface area (Å²) in [6.45, 7) is 1.56.